The summed E-state index contributed by atoms with van der Waals surface area (Å²) in [4.78, 5) is 20.4. The summed E-state index contributed by atoms with van der Waals surface area (Å²) in [5.74, 6) is 6.71. The maximum atomic E-state index is 6.08. The molecule has 3 heterocycles. The van der Waals surface area contributed by atoms with E-state index in [4.69, 9.17) is 4.74 Å². The molecule has 0 radical (unpaired) electrons. The van der Waals surface area contributed by atoms with Crippen molar-refractivity contribution >= 4 is 27.6 Å². The molecule has 0 aliphatic heterocycles. The van der Waals surface area contributed by atoms with E-state index in [9.17, 15) is 0 Å². The summed E-state index contributed by atoms with van der Waals surface area (Å²) in [5, 5.41) is 2.20. The van der Waals surface area contributed by atoms with Crippen molar-refractivity contribution in [2.45, 2.75) is 20.5 Å². The molecule has 3 aromatic heterocycles. The zero-order valence-corrected chi connectivity index (χ0v) is 19.8. The van der Waals surface area contributed by atoms with Crippen molar-refractivity contribution in [3.8, 4) is 17.7 Å². The first kappa shape index (κ1) is 22.3. The van der Waals surface area contributed by atoms with Crippen molar-refractivity contribution in [3.05, 3.63) is 96.1 Å². The van der Waals surface area contributed by atoms with Crippen LogP contribution in [0.1, 0.15) is 30.8 Å². The van der Waals surface area contributed by atoms with Gasteiger partial charge in [-0.2, -0.15) is 0 Å². The van der Waals surface area contributed by atoms with Crippen LogP contribution >= 0.6 is 0 Å². The number of anilines is 1. The predicted octanol–water partition coefficient (Wildman–Crippen LogP) is 5.40. The summed E-state index contributed by atoms with van der Waals surface area (Å²) >= 11 is 0. The standard InChI is InChI=1S/C29H25N5O/c1-3-34(4-2)25-14-11-21(12-15-25)13-16-27-29(33-26-10-7-17-30-28(26)32-27)35-20-24-18-22-8-5-6-9-23(22)19-31-24/h5-12,14-15,17-19H,3-4,20H2,1-2H3. The zero-order chi connectivity index (χ0) is 24.0. The summed E-state index contributed by atoms with van der Waals surface area (Å²) in [7, 11) is 0. The van der Waals surface area contributed by atoms with Gasteiger partial charge in [-0.15, -0.1) is 0 Å². The van der Waals surface area contributed by atoms with Crippen molar-refractivity contribution < 1.29 is 4.74 Å². The highest BCUT2D eigenvalue weighted by Gasteiger charge is 2.10. The Balaban J connectivity index is 1.43. The second-order valence-electron chi connectivity index (χ2n) is 8.00. The van der Waals surface area contributed by atoms with Crippen LogP contribution in [0.2, 0.25) is 0 Å². The largest absolute Gasteiger partial charge is 0.469 e. The van der Waals surface area contributed by atoms with Gasteiger partial charge in [0.25, 0.3) is 0 Å². The Hall–Kier alpha value is -4.50. The Morgan fingerprint density at radius 1 is 0.829 bits per heavy atom. The molecule has 0 spiro atoms. The fourth-order valence-electron chi connectivity index (χ4n) is 3.89. The first-order valence-electron chi connectivity index (χ1n) is 11.7. The second kappa shape index (κ2) is 10.2. The fraction of sp³-hybridized carbons (Fsp3) is 0.172. The third-order valence-electron chi connectivity index (χ3n) is 5.77. The van der Waals surface area contributed by atoms with Gasteiger partial charge >= 0.3 is 0 Å². The lowest BCUT2D eigenvalue weighted by molar-refractivity contribution is 0.288. The van der Waals surface area contributed by atoms with Crippen molar-refractivity contribution in [1.82, 2.24) is 19.9 Å². The molecule has 0 atom stereocenters. The van der Waals surface area contributed by atoms with E-state index in [1.54, 1.807) is 6.20 Å². The monoisotopic (exact) mass is 459 g/mol. The average Bonchev–Trinajstić information content (AvgIpc) is 2.91. The van der Waals surface area contributed by atoms with Crippen molar-refractivity contribution in [2.24, 2.45) is 0 Å². The van der Waals surface area contributed by atoms with E-state index in [-0.39, 0.29) is 6.61 Å². The van der Waals surface area contributed by atoms with Crippen LogP contribution in [-0.2, 0) is 6.61 Å². The van der Waals surface area contributed by atoms with Gasteiger partial charge in [0.1, 0.15) is 12.1 Å². The van der Waals surface area contributed by atoms with Gasteiger partial charge in [-0.25, -0.2) is 15.0 Å². The Bertz CT molecular complexity index is 1530. The number of pyridine rings is 2. The molecule has 5 rings (SSSR count). The summed E-state index contributed by atoms with van der Waals surface area (Å²) in [5.41, 5.74) is 4.52. The van der Waals surface area contributed by atoms with Gasteiger partial charge in [0.05, 0.1) is 5.69 Å². The zero-order valence-electron chi connectivity index (χ0n) is 19.8. The minimum absolute atomic E-state index is 0.262. The van der Waals surface area contributed by atoms with Crippen molar-refractivity contribution in [3.63, 3.8) is 0 Å². The van der Waals surface area contributed by atoms with Gasteiger partial charge in [-0.1, -0.05) is 30.2 Å². The van der Waals surface area contributed by atoms with Crippen LogP contribution in [0.5, 0.6) is 5.88 Å². The number of nitrogens with zero attached hydrogens (tertiary/aromatic N) is 5. The van der Waals surface area contributed by atoms with E-state index < -0.39 is 0 Å². The highest BCUT2D eigenvalue weighted by atomic mass is 16.5. The van der Waals surface area contributed by atoms with E-state index in [1.807, 2.05) is 54.7 Å². The molecule has 6 nitrogen and oxygen atoms in total. The van der Waals surface area contributed by atoms with Crippen molar-refractivity contribution in [2.75, 3.05) is 18.0 Å². The quantitative estimate of drug-likeness (QED) is 0.317. The van der Waals surface area contributed by atoms with E-state index in [0.29, 0.717) is 22.7 Å². The van der Waals surface area contributed by atoms with Gasteiger partial charge in [-0.05, 0) is 67.6 Å². The van der Waals surface area contributed by atoms with Crippen LogP contribution in [0.4, 0.5) is 5.69 Å². The van der Waals surface area contributed by atoms with Crippen LogP contribution in [-0.4, -0.2) is 33.0 Å². The van der Waals surface area contributed by atoms with E-state index >= 15 is 0 Å². The second-order valence-corrected chi connectivity index (χ2v) is 8.00. The van der Waals surface area contributed by atoms with Crippen LogP contribution in [0.15, 0.2) is 79.1 Å². The van der Waals surface area contributed by atoms with Crippen LogP contribution in [0.25, 0.3) is 21.9 Å². The summed E-state index contributed by atoms with van der Waals surface area (Å²) in [6.07, 6.45) is 3.55. The lowest BCUT2D eigenvalue weighted by atomic mass is 10.1. The molecule has 0 fully saturated rings. The maximum Gasteiger partial charge on any atom is 0.250 e. The number of hydrogen-bond acceptors (Lipinski definition) is 6. The summed E-state index contributed by atoms with van der Waals surface area (Å²) < 4.78 is 6.08. The number of aromatic nitrogens is 4. The Kier molecular flexibility index (Phi) is 6.49. The third kappa shape index (κ3) is 5.04. The van der Waals surface area contributed by atoms with Crippen molar-refractivity contribution in [1.29, 1.82) is 0 Å². The number of ether oxygens (including phenoxy) is 1. The van der Waals surface area contributed by atoms with Gasteiger partial charge in [0, 0.05) is 42.1 Å². The normalized spacial score (nSPS) is 10.7. The minimum Gasteiger partial charge on any atom is -0.469 e. The highest BCUT2D eigenvalue weighted by Crippen LogP contribution is 2.20. The Morgan fingerprint density at radius 3 is 2.43 bits per heavy atom. The van der Waals surface area contributed by atoms with Crippen LogP contribution in [0.3, 0.4) is 0 Å². The molecule has 0 saturated carbocycles. The molecule has 0 aliphatic rings. The van der Waals surface area contributed by atoms with Gasteiger partial charge in [0.15, 0.2) is 11.3 Å². The maximum absolute atomic E-state index is 6.08. The molecule has 5 aromatic rings. The fourth-order valence-corrected chi connectivity index (χ4v) is 3.89. The van der Waals surface area contributed by atoms with E-state index in [0.717, 1.165) is 35.1 Å². The molecule has 0 N–H and O–H groups in total. The summed E-state index contributed by atoms with van der Waals surface area (Å²) in [6.45, 7) is 6.50. The van der Waals surface area contributed by atoms with Gasteiger partial charge < -0.3 is 9.64 Å². The lowest BCUT2D eigenvalue weighted by Crippen LogP contribution is -2.21. The average molecular weight is 460 g/mol. The molecular formula is C29H25N5O. The highest BCUT2D eigenvalue weighted by molar-refractivity contribution is 5.81. The molecule has 6 heteroatoms. The predicted molar refractivity (Wildman–Crippen MR) is 139 cm³/mol. The molecular weight excluding hydrogens is 434 g/mol. The SMILES string of the molecule is CCN(CC)c1ccc(C#Cc2nc3ncccc3nc2OCc2cc3ccccc3cn2)cc1. The summed E-state index contributed by atoms with van der Waals surface area (Å²) in [6, 6.07) is 22.0. The first-order chi connectivity index (χ1) is 17.2. The van der Waals surface area contributed by atoms with Crippen LogP contribution < -0.4 is 9.64 Å². The molecule has 0 saturated heterocycles. The molecule has 35 heavy (non-hydrogen) atoms. The number of rotatable bonds is 6. The molecule has 2 aromatic carbocycles. The molecule has 0 amide bonds. The Morgan fingerprint density at radius 2 is 1.63 bits per heavy atom. The van der Waals surface area contributed by atoms with E-state index in [2.05, 4.69) is 68.7 Å². The molecule has 0 unspecified atom stereocenters. The Labute approximate surface area is 204 Å². The number of benzene rings is 2. The first-order valence-corrected chi connectivity index (χ1v) is 11.7. The third-order valence-corrected chi connectivity index (χ3v) is 5.77. The number of hydrogen-bond donors (Lipinski definition) is 0. The topological polar surface area (TPSA) is 64.0 Å². The van der Waals surface area contributed by atoms with Gasteiger partial charge in [0.2, 0.25) is 5.88 Å². The smallest absolute Gasteiger partial charge is 0.250 e. The molecule has 0 bridgehead atoms. The number of fused-ring (bicyclic) bond motifs is 2. The van der Waals surface area contributed by atoms with E-state index in [1.165, 1.54) is 5.69 Å². The van der Waals surface area contributed by atoms with Crippen LogP contribution in [0, 0.1) is 11.8 Å². The molecule has 172 valence electrons. The van der Waals surface area contributed by atoms with Gasteiger partial charge in [-0.3, -0.25) is 4.98 Å². The minimum atomic E-state index is 0.262. The lowest BCUT2D eigenvalue weighted by Gasteiger charge is -2.20. The molecule has 0 aliphatic carbocycles.